The lowest BCUT2D eigenvalue weighted by atomic mass is 9.90. The Morgan fingerprint density at radius 1 is 1.11 bits per heavy atom. The zero-order valence-corrected chi connectivity index (χ0v) is 11.2. The van der Waals surface area contributed by atoms with E-state index < -0.39 is 0 Å². The Kier molecular flexibility index (Phi) is 3.84. The molecule has 2 heteroatoms. The van der Waals surface area contributed by atoms with Crippen molar-refractivity contribution in [1.29, 1.82) is 0 Å². The van der Waals surface area contributed by atoms with Crippen LogP contribution in [0.3, 0.4) is 0 Å². The first-order valence-corrected chi connectivity index (χ1v) is 7.51. The van der Waals surface area contributed by atoms with Gasteiger partial charge in [0, 0.05) is 18.3 Å². The number of piperidine rings is 1. The molecule has 0 saturated carbocycles. The molecule has 1 unspecified atom stereocenters. The van der Waals surface area contributed by atoms with Crippen molar-refractivity contribution in [2.75, 3.05) is 18.4 Å². The number of nitrogens with one attached hydrogen (secondary N) is 2. The van der Waals surface area contributed by atoms with E-state index in [-0.39, 0.29) is 0 Å². The van der Waals surface area contributed by atoms with Gasteiger partial charge >= 0.3 is 0 Å². The van der Waals surface area contributed by atoms with E-state index in [1.807, 2.05) is 0 Å². The molecular formula is C16H24N2. The van der Waals surface area contributed by atoms with Gasteiger partial charge in [-0.05, 0) is 62.3 Å². The summed E-state index contributed by atoms with van der Waals surface area (Å²) in [6.45, 7) is 2.27. The Balaban J connectivity index is 1.65. The Hall–Kier alpha value is -1.02. The summed E-state index contributed by atoms with van der Waals surface area (Å²) in [4.78, 5) is 0. The molecule has 98 valence electrons. The lowest BCUT2D eigenvalue weighted by Crippen LogP contribution is -2.39. The van der Waals surface area contributed by atoms with Gasteiger partial charge in [-0.25, -0.2) is 0 Å². The summed E-state index contributed by atoms with van der Waals surface area (Å²) in [6, 6.07) is 7.44. The second-order valence-electron chi connectivity index (χ2n) is 5.68. The van der Waals surface area contributed by atoms with E-state index in [1.165, 1.54) is 57.2 Å². The Labute approximate surface area is 110 Å². The van der Waals surface area contributed by atoms with Gasteiger partial charge in [0.1, 0.15) is 0 Å². The van der Waals surface area contributed by atoms with Crippen LogP contribution in [0, 0.1) is 0 Å². The van der Waals surface area contributed by atoms with Crippen LogP contribution >= 0.6 is 0 Å². The van der Waals surface area contributed by atoms with Crippen LogP contribution in [0.15, 0.2) is 18.2 Å². The fourth-order valence-electron chi connectivity index (χ4n) is 3.28. The molecule has 1 aliphatic heterocycles. The van der Waals surface area contributed by atoms with Gasteiger partial charge < -0.3 is 10.6 Å². The van der Waals surface area contributed by atoms with E-state index in [4.69, 9.17) is 0 Å². The maximum Gasteiger partial charge on any atom is 0.0376 e. The number of fused-ring (bicyclic) bond motifs is 1. The molecule has 3 rings (SSSR count). The molecule has 1 heterocycles. The van der Waals surface area contributed by atoms with Gasteiger partial charge in [0.05, 0.1) is 0 Å². The first-order valence-electron chi connectivity index (χ1n) is 7.51. The summed E-state index contributed by atoms with van der Waals surface area (Å²) >= 11 is 0. The lowest BCUT2D eigenvalue weighted by molar-refractivity contribution is 0.414. The fourth-order valence-corrected chi connectivity index (χ4v) is 3.28. The van der Waals surface area contributed by atoms with Gasteiger partial charge in [-0.1, -0.05) is 18.6 Å². The van der Waals surface area contributed by atoms with Crippen LogP contribution in [0.5, 0.6) is 0 Å². The predicted molar refractivity (Wildman–Crippen MR) is 77.2 cm³/mol. The smallest absolute Gasteiger partial charge is 0.0376 e. The second-order valence-corrected chi connectivity index (χ2v) is 5.68. The van der Waals surface area contributed by atoms with Crippen molar-refractivity contribution in [1.82, 2.24) is 5.32 Å². The molecule has 2 nitrogen and oxygen atoms in total. The van der Waals surface area contributed by atoms with Gasteiger partial charge in [-0.2, -0.15) is 0 Å². The van der Waals surface area contributed by atoms with Crippen molar-refractivity contribution in [2.24, 2.45) is 0 Å². The largest absolute Gasteiger partial charge is 0.383 e. The first kappa shape index (κ1) is 12.0. The van der Waals surface area contributed by atoms with Gasteiger partial charge in [-0.15, -0.1) is 0 Å². The van der Waals surface area contributed by atoms with Crippen LogP contribution in [0.1, 0.15) is 43.2 Å². The van der Waals surface area contributed by atoms with Crippen molar-refractivity contribution >= 4 is 5.69 Å². The third-order valence-corrected chi connectivity index (χ3v) is 4.35. The SMILES string of the molecule is c1cc2c(c(NCC3CCCCN3)c1)CCCC2. The molecule has 1 aromatic rings. The quantitative estimate of drug-likeness (QED) is 0.853. The average Bonchev–Trinajstić information content (AvgIpc) is 2.46. The molecule has 1 atom stereocenters. The van der Waals surface area contributed by atoms with Gasteiger partial charge in [-0.3, -0.25) is 0 Å². The number of hydrogen-bond donors (Lipinski definition) is 2. The number of hydrogen-bond acceptors (Lipinski definition) is 2. The van der Waals surface area contributed by atoms with Crippen molar-refractivity contribution in [3.05, 3.63) is 29.3 Å². The maximum atomic E-state index is 3.68. The first-order chi connectivity index (χ1) is 8.93. The summed E-state index contributed by atoms with van der Waals surface area (Å²) in [5.74, 6) is 0. The van der Waals surface area contributed by atoms with Crippen molar-refractivity contribution in [3.63, 3.8) is 0 Å². The fraction of sp³-hybridized carbons (Fsp3) is 0.625. The number of aryl methyl sites for hydroxylation is 1. The van der Waals surface area contributed by atoms with E-state index in [2.05, 4.69) is 28.8 Å². The molecule has 18 heavy (non-hydrogen) atoms. The highest BCUT2D eigenvalue weighted by molar-refractivity contribution is 5.55. The van der Waals surface area contributed by atoms with Crippen LogP contribution < -0.4 is 10.6 Å². The van der Waals surface area contributed by atoms with Crippen LogP contribution in [0.2, 0.25) is 0 Å². The zero-order chi connectivity index (χ0) is 12.2. The molecule has 2 N–H and O–H groups in total. The van der Waals surface area contributed by atoms with E-state index in [9.17, 15) is 0 Å². The second kappa shape index (κ2) is 5.75. The van der Waals surface area contributed by atoms with Gasteiger partial charge in [0.25, 0.3) is 0 Å². The topological polar surface area (TPSA) is 24.1 Å². The predicted octanol–water partition coefficient (Wildman–Crippen LogP) is 3.12. The van der Waals surface area contributed by atoms with Gasteiger partial charge in [0.15, 0.2) is 0 Å². The van der Waals surface area contributed by atoms with Crippen molar-refractivity contribution in [3.8, 4) is 0 Å². The van der Waals surface area contributed by atoms with Crippen LogP contribution in [0.4, 0.5) is 5.69 Å². The lowest BCUT2D eigenvalue weighted by Gasteiger charge is -2.26. The number of anilines is 1. The molecule has 1 saturated heterocycles. The third-order valence-electron chi connectivity index (χ3n) is 4.35. The van der Waals surface area contributed by atoms with Crippen molar-refractivity contribution in [2.45, 2.75) is 51.0 Å². The van der Waals surface area contributed by atoms with E-state index in [0.29, 0.717) is 6.04 Å². The van der Waals surface area contributed by atoms with Crippen LogP contribution in [-0.2, 0) is 12.8 Å². The Morgan fingerprint density at radius 2 is 2.06 bits per heavy atom. The minimum atomic E-state index is 0.665. The summed E-state index contributed by atoms with van der Waals surface area (Å²) < 4.78 is 0. The third kappa shape index (κ3) is 2.69. The summed E-state index contributed by atoms with van der Waals surface area (Å²) in [5.41, 5.74) is 4.54. The number of rotatable bonds is 3. The molecule has 1 fully saturated rings. The molecule has 0 spiro atoms. The van der Waals surface area contributed by atoms with Crippen LogP contribution in [-0.4, -0.2) is 19.1 Å². The molecule has 0 radical (unpaired) electrons. The molecule has 1 aromatic carbocycles. The van der Waals surface area contributed by atoms with E-state index in [1.54, 1.807) is 11.1 Å². The molecule has 2 aliphatic rings. The molecule has 0 bridgehead atoms. The monoisotopic (exact) mass is 244 g/mol. The molecule has 0 amide bonds. The molecule has 1 aliphatic carbocycles. The van der Waals surface area contributed by atoms with Crippen LogP contribution in [0.25, 0.3) is 0 Å². The minimum absolute atomic E-state index is 0.665. The normalized spacial score (nSPS) is 23.4. The Bertz CT molecular complexity index is 394. The standard InChI is InChI=1S/C16H24N2/c1-2-9-15-13(6-1)7-5-10-16(15)18-12-14-8-3-4-11-17-14/h5,7,10,14,17-18H,1-4,6,8-9,11-12H2. The zero-order valence-electron chi connectivity index (χ0n) is 11.2. The number of benzene rings is 1. The summed E-state index contributed by atoms with van der Waals surface area (Å²) in [7, 11) is 0. The average molecular weight is 244 g/mol. The Morgan fingerprint density at radius 3 is 2.94 bits per heavy atom. The van der Waals surface area contributed by atoms with E-state index >= 15 is 0 Å². The highest BCUT2D eigenvalue weighted by Gasteiger charge is 2.15. The summed E-state index contributed by atoms with van der Waals surface area (Å²) in [6.07, 6.45) is 9.29. The highest BCUT2D eigenvalue weighted by atomic mass is 15.0. The van der Waals surface area contributed by atoms with Crippen molar-refractivity contribution < 1.29 is 0 Å². The van der Waals surface area contributed by atoms with E-state index in [0.717, 1.165) is 6.54 Å². The van der Waals surface area contributed by atoms with Gasteiger partial charge in [0.2, 0.25) is 0 Å². The maximum absolute atomic E-state index is 3.68. The molecular weight excluding hydrogens is 220 g/mol. The summed E-state index contributed by atoms with van der Waals surface area (Å²) in [5, 5.41) is 7.29. The molecule has 0 aromatic heterocycles. The minimum Gasteiger partial charge on any atom is -0.383 e. The highest BCUT2D eigenvalue weighted by Crippen LogP contribution is 2.27.